The van der Waals surface area contributed by atoms with Gasteiger partial charge in [0, 0.05) is 12.2 Å². The summed E-state index contributed by atoms with van der Waals surface area (Å²) >= 11 is 0. The highest BCUT2D eigenvalue weighted by Crippen LogP contribution is 2.25. The quantitative estimate of drug-likeness (QED) is 0.724. The molecule has 1 aromatic rings. The zero-order valence-corrected chi connectivity index (χ0v) is 11.7. The summed E-state index contributed by atoms with van der Waals surface area (Å²) in [4.78, 5) is 0. The van der Waals surface area contributed by atoms with Crippen molar-refractivity contribution < 1.29 is 0 Å². The molecule has 0 fully saturated rings. The van der Waals surface area contributed by atoms with Gasteiger partial charge in [0.2, 0.25) is 0 Å². The molecule has 0 bridgehead atoms. The number of nitriles is 1. The van der Waals surface area contributed by atoms with Crippen LogP contribution in [-0.4, -0.2) is 6.54 Å². The van der Waals surface area contributed by atoms with Crippen LogP contribution in [0.5, 0.6) is 0 Å². The van der Waals surface area contributed by atoms with Crippen molar-refractivity contribution in [2.24, 2.45) is 0 Å². The molecule has 94 valence electrons. The molecule has 0 amide bonds. The van der Waals surface area contributed by atoms with Crippen molar-refractivity contribution in [3.63, 3.8) is 0 Å². The summed E-state index contributed by atoms with van der Waals surface area (Å²) in [7, 11) is 0. The fourth-order valence-corrected chi connectivity index (χ4v) is 1.75. The molecule has 17 heavy (non-hydrogen) atoms. The zero-order valence-electron chi connectivity index (χ0n) is 11.7. The van der Waals surface area contributed by atoms with Crippen molar-refractivity contribution in [1.29, 1.82) is 5.26 Å². The third-order valence-corrected chi connectivity index (χ3v) is 2.51. The van der Waals surface area contributed by atoms with Crippen LogP contribution in [0.2, 0.25) is 0 Å². The second-order valence-corrected chi connectivity index (χ2v) is 3.47. The Labute approximate surface area is 106 Å². The average Bonchev–Trinajstić information content (AvgIpc) is 2.42. The Kier molecular flexibility index (Phi) is 7.88. The van der Waals surface area contributed by atoms with E-state index in [1.165, 1.54) is 17.7 Å². The smallest absolute Gasteiger partial charge is 0.0994 e. The Morgan fingerprint density at radius 3 is 2.41 bits per heavy atom. The third kappa shape index (κ3) is 4.11. The molecule has 0 radical (unpaired) electrons. The lowest BCUT2D eigenvalue weighted by atomic mass is 9.98. The summed E-state index contributed by atoms with van der Waals surface area (Å²) in [5.74, 6) is 0. The van der Waals surface area contributed by atoms with Crippen molar-refractivity contribution in [2.75, 3.05) is 11.9 Å². The summed E-state index contributed by atoms with van der Waals surface area (Å²) in [6.45, 7) is 11.0. The first-order chi connectivity index (χ1) is 8.31. The van der Waals surface area contributed by atoms with Crippen LogP contribution in [0.1, 0.15) is 50.8 Å². The number of hydrogen-bond acceptors (Lipinski definition) is 2. The molecule has 1 aromatic carbocycles. The molecule has 1 aliphatic heterocycles. The molecule has 0 spiro atoms. The van der Waals surface area contributed by atoms with Gasteiger partial charge in [-0.15, -0.1) is 0 Å². The summed E-state index contributed by atoms with van der Waals surface area (Å²) in [6, 6.07) is 6.30. The summed E-state index contributed by atoms with van der Waals surface area (Å²) < 4.78 is 0. The van der Waals surface area contributed by atoms with Crippen LogP contribution >= 0.6 is 0 Å². The second kappa shape index (κ2) is 8.64. The van der Waals surface area contributed by atoms with Gasteiger partial charge in [-0.2, -0.15) is 5.26 Å². The Morgan fingerprint density at radius 2 is 1.82 bits per heavy atom. The van der Waals surface area contributed by atoms with Crippen LogP contribution in [0.25, 0.3) is 0 Å². The van der Waals surface area contributed by atoms with Crippen molar-refractivity contribution >= 4 is 5.69 Å². The van der Waals surface area contributed by atoms with E-state index in [4.69, 9.17) is 5.26 Å². The summed E-state index contributed by atoms with van der Waals surface area (Å²) in [5, 5.41) is 12.2. The Bertz CT molecular complexity index is 375. The maximum atomic E-state index is 8.85. The Balaban J connectivity index is 0.000000581. The number of aryl methyl sites for hydroxylation is 2. The van der Waals surface area contributed by atoms with E-state index in [0.717, 1.165) is 24.1 Å². The van der Waals surface area contributed by atoms with Gasteiger partial charge in [0.1, 0.15) is 0 Å². The Hall–Kier alpha value is -1.49. The molecule has 0 unspecified atom stereocenters. The number of benzene rings is 1. The van der Waals surface area contributed by atoms with Gasteiger partial charge in [0.15, 0.2) is 0 Å². The van der Waals surface area contributed by atoms with Crippen molar-refractivity contribution in [3.05, 3.63) is 28.8 Å². The number of rotatable bonds is 0. The van der Waals surface area contributed by atoms with Gasteiger partial charge in [-0.1, -0.05) is 27.7 Å². The van der Waals surface area contributed by atoms with Crippen molar-refractivity contribution in [3.8, 4) is 6.07 Å². The SMILES string of the molecule is CC.CC.Cc1cc2c(cc1C#N)CCCN2. The average molecular weight is 232 g/mol. The van der Waals surface area contributed by atoms with Crippen LogP contribution < -0.4 is 5.32 Å². The van der Waals surface area contributed by atoms with E-state index >= 15 is 0 Å². The van der Waals surface area contributed by atoms with Gasteiger partial charge in [-0.3, -0.25) is 0 Å². The van der Waals surface area contributed by atoms with E-state index in [1.54, 1.807) is 0 Å². The highest BCUT2D eigenvalue weighted by molar-refractivity contribution is 5.59. The lowest BCUT2D eigenvalue weighted by Crippen LogP contribution is -2.12. The summed E-state index contributed by atoms with van der Waals surface area (Å²) in [5.41, 5.74) is 4.37. The minimum absolute atomic E-state index is 0.808. The van der Waals surface area contributed by atoms with Gasteiger partial charge >= 0.3 is 0 Å². The van der Waals surface area contributed by atoms with E-state index in [0.29, 0.717) is 0 Å². The van der Waals surface area contributed by atoms with Crippen LogP contribution in [-0.2, 0) is 6.42 Å². The molecule has 0 atom stereocenters. The van der Waals surface area contributed by atoms with E-state index in [1.807, 2.05) is 40.7 Å². The number of nitrogens with zero attached hydrogens (tertiary/aromatic N) is 1. The van der Waals surface area contributed by atoms with E-state index in [9.17, 15) is 0 Å². The van der Waals surface area contributed by atoms with Gasteiger partial charge < -0.3 is 5.32 Å². The first kappa shape index (κ1) is 15.5. The molecule has 1 heterocycles. The molecular weight excluding hydrogens is 208 g/mol. The molecule has 0 saturated carbocycles. The Morgan fingerprint density at radius 1 is 1.18 bits per heavy atom. The van der Waals surface area contributed by atoms with Gasteiger partial charge in [-0.25, -0.2) is 0 Å². The molecule has 2 nitrogen and oxygen atoms in total. The van der Waals surface area contributed by atoms with Crippen LogP contribution in [0.15, 0.2) is 12.1 Å². The van der Waals surface area contributed by atoms with Crippen LogP contribution in [0.3, 0.4) is 0 Å². The molecule has 1 N–H and O–H groups in total. The number of hydrogen-bond donors (Lipinski definition) is 1. The van der Waals surface area contributed by atoms with Gasteiger partial charge in [0.05, 0.1) is 11.6 Å². The monoisotopic (exact) mass is 232 g/mol. The molecule has 1 aliphatic rings. The predicted octanol–water partition coefficient (Wildman–Crippen LogP) is 4.28. The third-order valence-electron chi connectivity index (χ3n) is 2.51. The number of anilines is 1. The highest BCUT2D eigenvalue weighted by Gasteiger charge is 2.10. The highest BCUT2D eigenvalue weighted by atomic mass is 14.9. The van der Waals surface area contributed by atoms with Crippen molar-refractivity contribution in [2.45, 2.75) is 47.5 Å². The van der Waals surface area contributed by atoms with E-state index in [2.05, 4.69) is 17.5 Å². The molecular formula is C15H24N2. The second-order valence-electron chi connectivity index (χ2n) is 3.47. The van der Waals surface area contributed by atoms with Gasteiger partial charge in [-0.05, 0) is 43.0 Å². The lowest BCUT2D eigenvalue weighted by Gasteiger charge is -2.18. The van der Waals surface area contributed by atoms with Crippen LogP contribution in [0, 0.1) is 18.3 Å². The minimum Gasteiger partial charge on any atom is -0.385 e. The topological polar surface area (TPSA) is 35.8 Å². The first-order valence-corrected chi connectivity index (χ1v) is 6.59. The summed E-state index contributed by atoms with van der Waals surface area (Å²) in [6.07, 6.45) is 2.26. The fourth-order valence-electron chi connectivity index (χ4n) is 1.75. The molecule has 2 heteroatoms. The zero-order chi connectivity index (χ0) is 13.3. The first-order valence-electron chi connectivity index (χ1n) is 6.59. The molecule has 2 rings (SSSR count). The minimum atomic E-state index is 0.808. The molecule has 0 aromatic heterocycles. The van der Waals surface area contributed by atoms with E-state index in [-0.39, 0.29) is 0 Å². The van der Waals surface area contributed by atoms with Crippen molar-refractivity contribution in [1.82, 2.24) is 0 Å². The fraction of sp³-hybridized carbons (Fsp3) is 0.533. The van der Waals surface area contributed by atoms with Gasteiger partial charge in [0.25, 0.3) is 0 Å². The van der Waals surface area contributed by atoms with E-state index < -0.39 is 0 Å². The molecule has 0 saturated heterocycles. The normalized spacial score (nSPS) is 11.5. The number of nitrogens with one attached hydrogen (secondary N) is 1. The predicted molar refractivity (Wildman–Crippen MR) is 75.4 cm³/mol. The molecule has 0 aliphatic carbocycles. The number of fused-ring (bicyclic) bond motifs is 1. The largest absolute Gasteiger partial charge is 0.385 e. The maximum Gasteiger partial charge on any atom is 0.0994 e. The van der Waals surface area contributed by atoms with Crippen LogP contribution in [0.4, 0.5) is 5.69 Å². The maximum absolute atomic E-state index is 8.85. The standard InChI is InChI=1S/C11H12N2.2C2H6/c1-8-5-11-9(3-2-4-13-11)6-10(8)7-12;2*1-2/h5-6,13H,2-4H2,1H3;2*1-2H3. The lowest BCUT2D eigenvalue weighted by molar-refractivity contribution is 0.829.